The summed E-state index contributed by atoms with van der Waals surface area (Å²) in [5, 5.41) is 1.22. The lowest BCUT2D eigenvalue weighted by molar-refractivity contribution is -0.641. The van der Waals surface area contributed by atoms with Gasteiger partial charge in [0.05, 0.1) is 11.3 Å². The Kier molecular flexibility index (Phi) is 5.37. The predicted molar refractivity (Wildman–Crippen MR) is 68.1 cm³/mol. The minimum absolute atomic E-state index is 0. The number of hydrogen-bond donors (Lipinski definition) is 1. The molecule has 2 rings (SSSR count). The summed E-state index contributed by atoms with van der Waals surface area (Å²) < 4.78 is 7.59. The third kappa shape index (κ3) is 3.13. The van der Waals surface area contributed by atoms with Crippen LogP contribution in [0, 0.1) is 0 Å². The Bertz CT molecular complexity index is 573. The van der Waals surface area contributed by atoms with Gasteiger partial charge in [-0.15, -0.1) is 0 Å². The van der Waals surface area contributed by atoms with E-state index < -0.39 is 0 Å². The molecular weight excluding hydrogens is 340 g/mol. The topological polar surface area (TPSA) is 56.2 Å². The fourth-order valence-electron chi connectivity index (χ4n) is 1.58. The van der Waals surface area contributed by atoms with Gasteiger partial charge in [-0.25, -0.2) is 9.36 Å². The molecule has 18 heavy (non-hydrogen) atoms. The number of carbonyl (C=O) groups is 1. The van der Waals surface area contributed by atoms with Gasteiger partial charge in [-0.2, -0.15) is 0 Å². The van der Waals surface area contributed by atoms with Crippen LogP contribution in [0.3, 0.4) is 0 Å². The molecule has 2 N–H and O–H groups in total. The number of benzene rings is 1. The number of aromatic nitrogens is 1. The van der Waals surface area contributed by atoms with Gasteiger partial charge in [0.2, 0.25) is 0 Å². The van der Waals surface area contributed by atoms with Crippen molar-refractivity contribution in [3.8, 4) is 0 Å². The second kappa shape index (κ2) is 6.36. The molecule has 1 heterocycles. The lowest BCUT2D eigenvalue weighted by atomic mass is 10.3. The van der Waals surface area contributed by atoms with Gasteiger partial charge in [0.1, 0.15) is 5.52 Å². The van der Waals surface area contributed by atoms with E-state index in [9.17, 15) is 4.79 Å². The lowest BCUT2D eigenvalue weighted by Gasteiger charge is -2.00. The maximum absolute atomic E-state index is 11.5. The molecule has 1 aromatic heterocycles. The van der Waals surface area contributed by atoms with Gasteiger partial charge >= 0.3 is 11.1 Å². The first-order valence-electron chi connectivity index (χ1n) is 5.14. The Morgan fingerprint density at radius 2 is 2.28 bits per heavy atom. The number of anilines is 1. The van der Waals surface area contributed by atoms with Gasteiger partial charge in [0, 0.05) is 5.02 Å². The molecule has 7 heteroatoms. The fourth-order valence-corrected chi connectivity index (χ4v) is 2.78. The van der Waals surface area contributed by atoms with Crippen LogP contribution in [0.15, 0.2) is 18.2 Å². The van der Waals surface area contributed by atoms with Crippen LogP contribution in [0.5, 0.6) is 0 Å². The van der Waals surface area contributed by atoms with Gasteiger partial charge < -0.3 is 21.7 Å². The van der Waals surface area contributed by atoms with Gasteiger partial charge in [-0.1, -0.05) is 11.6 Å². The Labute approximate surface area is 124 Å². The molecule has 0 saturated carbocycles. The number of fused-ring (bicyclic) bond motifs is 1. The molecule has 0 aliphatic heterocycles. The van der Waals surface area contributed by atoms with Crippen molar-refractivity contribution in [1.82, 2.24) is 0 Å². The monoisotopic (exact) mass is 350 g/mol. The van der Waals surface area contributed by atoms with E-state index in [1.807, 2.05) is 12.1 Å². The van der Waals surface area contributed by atoms with Crippen LogP contribution in [-0.4, -0.2) is 12.6 Å². The van der Waals surface area contributed by atoms with Crippen LogP contribution in [-0.2, 0) is 16.1 Å². The fraction of sp³-hybridized carbons (Fsp3) is 0.273. The zero-order chi connectivity index (χ0) is 12.4. The van der Waals surface area contributed by atoms with Gasteiger partial charge in [0.15, 0.2) is 6.54 Å². The molecule has 2 aromatic rings. The van der Waals surface area contributed by atoms with Crippen molar-refractivity contribution in [3.63, 3.8) is 0 Å². The molecule has 4 nitrogen and oxygen atoms in total. The molecule has 0 atom stereocenters. The summed E-state index contributed by atoms with van der Waals surface area (Å²) in [6.45, 7) is 2.27. The molecule has 0 bridgehead atoms. The number of carbonyl (C=O) groups excluding carboxylic acids is 1. The normalized spacial score (nSPS) is 10.1. The second-order valence-electron chi connectivity index (χ2n) is 3.44. The number of nitrogens with zero attached hydrogens (tertiary/aromatic N) is 1. The lowest BCUT2D eigenvalue weighted by Crippen LogP contribution is -3.00. The number of esters is 1. The van der Waals surface area contributed by atoms with Crippen molar-refractivity contribution in [2.24, 2.45) is 0 Å². The number of nitrogens with two attached hydrogens (primary N) is 1. The summed E-state index contributed by atoms with van der Waals surface area (Å²) >= 11 is 7.30. The van der Waals surface area contributed by atoms with E-state index in [-0.39, 0.29) is 29.5 Å². The third-order valence-electron chi connectivity index (χ3n) is 2.29. The van der Waals surface area contributed by atoms with Crippen LogP contribution in [0.2, 0.25) is 5.02 Å². The maximum Gasteiger partial charge on any atom is 0.348 e. The van der Waals surface area contributed by atoms with Crippen molar-refractivity contribution in [3.05, 3.63) is 23.2 Å². The van der Waals surface area contributed by atoms with E-state index in [1.54, 1.807) is 17.6 Å². The number of rotatable bonds is 3. The number of halogens is 2. The Hall–Kier alpha value is -0.850. The largest absolute Gasteiger partial charge is 1.00 e. The number of nitrogen functional groups attached to an aromatic ring is 1. The van der Waals surface area contributed by atoms with Crippen molar-refractivity contribution in [1.29, 1.82) is 0 Å². The Morgan fingerprint density at radius 3 is 2.94 bits per heavy atom. The Balaban J connectivity index is 0.00000162. The molecule has 0 amide bonds. The SMILES string of the molecule is CCOC(=O)C[n+]1c(N)sc2cc(Cl)ccc21.[Br-]. The van der Waals surface area contributed by atoms with Crippen molar-refractivity contribution in [2.45, 2.75) is 13.5 Å². The zero-order valence-corrected chi connectivity index (χ0v) is 12.8. The first-order chi connectivity index (χ1) is 8.11. The minimum atomic E-state index is -0.293. The summed E-state index contributed by atoms with van der Waals surface area (Å²) in [5.74, 6) is -0.293. The number of hydrogen-bond acceptors (Lipinski definition) is 4. The highest BCUT2D eigenvalue weighted by Gasteiger charge is 2.18. The van der Waals surface area contributed by atoms with Crippen molar-refractivity contribution < 1.29 is 31.1 Å². The van der Waals surface area contributed by atoms with E-state index in [0.717, 1.165) is 10.2 Å². The molecule has 0 aliphatic carbocycles. The standard InChI is InChI=1S/C11H11ClN2O2S.BrH/c1-2-16-10(15)6-14-8-4-3-7(12)5-9(8)17-11(14)13;/h3-5,13H,2,6H2,1H3;1H. The number of ether oxygens (including phenoxy) is 1. The number of thiazole rings is 1. The smallest absolute Gasteiger partial charge is 0.348 e. The van der Waals surface area contributed by atoms with Gasteiger partial charge in [-0.05, 0) is 36.5 Å². The van der Waals surface area contributed by atoms with Crippen molar-refractivity contribution >= 4 is 44.3 Å². The van der Waals surface area contributed by atoms with E-state index in [4.69, 9.17) is 22.1 Å². The Morgan fingerprint density at radius 1 is 1.56 bits per heavy atom. The minimum Gasteiger partial charge on any atom is -1.00 e. The van der Waals surface area contributed by atoms with Gasteiger partial charge in [0.25, 0.3) is 0 Å². The highest BCUT2D eigenvalue weighted by Crippen LogP contribution is 2.25. The summed E-state index contributed by atoms with van der Waals surface area (Å²) in [4.78, 5) is 11.5. The molecule has 0 aliphatic rings. The molecule has 0 spiro atoms. The van der Waals surface area contributed by atoms with Gasteiger partial charge in [-0.3, -0.25) is 5.73 Å². The average molecular weight is 352 g/mol. The maximum atomic E-state index is 11.5. The summed E-state index contributed by atoms with van der Waals surface area (Å²) in [5.41, 5.74) is 6.77. The quantitative estimate of drug-likeness (QED) is 0.570. The molecule has 98 valence electrons. The molecule has 0 saturated heterocycles. The van der Waals surface area contributed by atoms with Crippen molar-refractivity contribution in [2.75, 3.05) is 12.3 Å². The molecular formula is C11H12BrClN2O2S. The van der Waals surface area contributed by atoms with Crippen LogP contribution in [0.1, 0.15) is 6.92 Å². The van der Waals surface area contributed by atoms with E-state index in [0.29, 0.717) is 16.8 Å². The summed E-state index contributed by atoms with van der Waals surface area (Å²) in [6, 6.07) is 5.46. The van der Waals surface area contributed by atoms with Crippen LogP contribution in [0.25, 0.3) is 10.2 Å². The molecule has 0 unspecified atom stereocenters. The molecule has 0 radical (unpaired) electrons. The van der Waals surface area contributed by atoms with Crippen LogP contribution in [0.4, 0.5) is 5.13 Å². The summed E-state index contributed by atoms with van der Waals surface area (Å²) in [6.07, 6.45) is 0. The van der Waals surface area contributed by atoms with Crippen LogP contribution >= 0.6 is 22.9 Å². The zero-order valence-electron chi connectivity index (χ0n) is 9.65. The molecule has 1 aromatic carbocycles. The summed E-state index contributed by atoms with van der Waals surface area (Å²) in [7, 11) is 0. The van der Waals surface area contributed by atoms with E-state index >= 15 is 0 Å². The highest BCUT2D eigenvalue weighted by molar-refractivity contribution is 7.21. The van der Waals surface area contributed by atoms with Crippen LogP contribution < -0.4 is 27.3 Å². The first-order valence-corrected chi connectivity index (χ1v) is 6.34. The molecule has 0 fully saturated rings. The average Bonchev–Trinajstić information content (AvgIpc) is 2.55. The predicted octanol–water partition coefficient (Wildman–Crippen LogP) is -1.01. The van der Waals surface area contributed by atoms with E-state index in [2.05, 4.69) is 0 Å². The first kappa shape index (κ1) is 15.2. The highest BCUT2D eigenvalue weighted by atomic mass is 79.9. The third-order valence-corrected chi connectivity index (χ3v) is 3.50. The van der Waals surface area contributed by atoms with E-state index in [1.165, 1.54) is 11.3 Å². The second-order valence-corrected chi connectivity index (χ2v) is 4.94.